The fourth-order valence-corrected chi connectivity index (χ4v) is 3.36. The van der Waals surface area contributed by atoms with Crippen molar-refractivity contribution in [1.29, 1.82) is 0 Å². The highest BCUT2D eigenvalue weighted by atomic mass is 16.5. The smallest absolute Gasteiger partial charge is 0.329 e. The zero-order chi connectivity index (χ0) is 21.0. The summed E-state index contributed by atoms with van der Waals surface area (Å²) in [5.74, 6) is 4.11. The molecule has 0 unspecified atom stereocenters. The Morgan fingerprint density at radius 1 is 1.07 bits per heavy atom. The number of hydrogen-bond acceptors (Lipinski definition) is 3. The van der Waals surface area contributed by atoms with Gasteiger partial charge in [0.2, 0.25) is 5.78 Å². The molecule has 4 heteroatoms. The molecule has 3 rings (SSSR count). The van der Waals surface area contributed by atoms with Crippen molar-refractivity contribution < 1.29 is 18.7 Å². The molecule has 2 aliphatic rings. The lowest BCUT2D eigenvalue weighted by Gasteiger charge is -2.25. The van der Waals surface area contributed by atoms with Crippen LogP contribution >= 0.6 is 0 Å². The van der Waals surface area contributed by atoms with Crippen molar-refractivity contribution in [2.45, 2.75) is 53.9 Å². The van der Waals surface area contributed by atoms with E-state index in [1.807, 2.05) is 64.1 Å². The highest BCUT2D eigenvalue weighted by Gasteiger charge is 2.34. The predicted molar refractivity (Wildman–Crippen MR) is 115 cm³/mol. The zero-order valence-electron chi connectivity index (χ0n) is 17.9. The van der Waals surface area contributed by atoms with Crippen molar-refractivity contribution in [3.8, 4) is 0 Å². The van der Waals surface area contributed by atoms with Crippen LogP contribution in [-0.2, 0) is 20.7 Å². The SMILES string of the molecule is CCCOC1=C(C=C2C=C(C)OC(CC)=C2)C(=O)C1=Cc1cc(C)[o+]c(CC)c1. The van der Waals surface area contributed by atoms with E-state index < -0.39 is 0 Å². The fraction of sp³-hybridized carbons (Fsp3) is 0.360. The standard InChI is InChI=1S/C25H29O4/c1-6-9-27-25-22(14-18-10-16(4)28-20(7-2)12-18)24(26)23(25)15-19-11-17(5)29-21(8-3)13-19/h10-15H,6-9H2,1-5H3/q+1. The second-order valence-corrected chi connectivity index (χ2v) is 7.27. The van der Waals surface area contributed by atoms with E-state index in [0.717, 1.165) is 53.4 Å². The van der Waals surface area contributed by atoms with E-state index in [-0.39, 0.29) is 5.78 Å². The first kappa shape index (κ1) is 20.8. The molecule has 1 aliphatic carbocycles. The minimum absolute atomic E-state index is 0.00379. The number of hydrogen-bond donors (Lipinski definition) is 0. The molecule has 2 heterocycles. The van der Waals surface area contributed by atoms with Crippen LogP contribution in [0.3, 0.4) is 0 Å². The van der Waals surface area contributed by atoms with Gasteiger partial charge in [0.25, 0.3) is 0 Å². The van der Waals surface area contributed by atoms with Gasteiger partial charge in [-0.2, -0.15) is 0 Å². The number of aryl methyl sites for hydroxylation is 2. The summed E-state index contributed by atoms with van der Waals surface area (Å²) in [4.78, 5) is 12.9. The van der Waals surface area contributed by atoms with Gasteiger partial charge in [0.15, 0.2) is 0 Å². The van der Waals surface area contributed by atoms with Crippen LogP contribution in [0.15, 0.2) is 68.8 Å². The van der Waals surface area contributed by atoms with Crippen molar-refractivity contribution in [3.05, 3.63) is 81.4 Å². The molecule has 152 valence electrons. The lowest BCUT2D eigenvalue weighted by atomic mass is 9.85. The van der Waals surface area contributed by atoms with Gasteiger partial charge in [-0.15, -0.1) is 0 Å². The molecule has 0 radical (unpaired) electrons. The van der Waals surface area contributed by atoms with Crippen LogP contribution in [0.4, 0.5) is 0 Å². The van der Waals surface area contributed by atoms with Gasteiger partial charge in [0.05, 0.1) is 31.1 Å². The molecular formula is C25H29O4+. The molecule has 0 fully saturated rings. The van der Waals surface area contributed by atoms with Crippen LogP contribution in [0.25, 0.3) is 6.08 Å². The van der Waals surface area contributed by atoms with Crippen LogP contribution < -0.4 is 0 Å². The van der Waals surface area contributed by atoms with Gasteiger partial charge in [-0.05, 0) is 48.8 Å². The largest absolute Gasteiger partial charge is 0.492 e. The molecule has 1 aromatic heterocycles. The maximum absolute atomic E-state index is 12.9. The number of carbonyl (C=O) groups is 1. The third-order valence-electron chi connectivity index (χ3n) is 4.73. The van der Waals surface area contributed by atoms with Crippen LogP contribution in [-0.4, -0.2) is 12.4 Å². The van der Waals surface area contributed by atoms with Gasteiger partial charge in [0.1, 0.15) is 17.3 Å². The van der Waals surface area contributed by atoms with Gasteiger partial charge in [-0.1, -0.05) is 20.8 Å². The van der Waals surface area contributed by atoms with Gasteiger partial charge < -0.3 is 9.47 Å². The fourth-order valence-electron chi connectivity index (χ4n) is 3.36. The summed E-state index contributed by atoms with van der Waals surface area (Å²) in [6.45, 7) is 10.6. The summed E-state index contributed by atoms with van der Waals surface area (Å²) >= 11 is 0. The zero-order valence-corrected chi connectivity index (χ0v) is 17.9. The number of carbonyl (C=O) groups excluding carboxylic acids is 1. The Morgan fingerprint density at radius 2 is 1.86 bits per heavy atom. The molecule has 0 saturated heterocycles. The second-order valence-electron chi connectivity index (χ2n) is 7.27. The molecule has 0 saturated carbocycles. The summed E-state index contributed by atoms with van der Waals surface area (Å²) in [6, 6.07) is 3.91. The van der Waals surface area contributed by atoms with Crippen molar-refractivity contribution >= 4 is 11.9 Å². The third kappa shape index (κ3) is 4.76. The van der Waals surface area contributed by atoms with E-state index in [9.17, 15) is 4.79 Å². The molecule has 1 aliphatic heterocycles. The van der Waals surface area contributed by atoms with Gasteiger partial charge in [-0.25, -0.2) is 4.42 Å². The number of rotatable bonds is 7. The maximum Gasteiger partial charge on any atom is 0.329 e. The Kier molecular flexibility index (Phi) is 6.53. The first-order chi connectivity index (χ1) is 13.9. The molecule has 4 nitrogen and oxygen atoms in total. The van der Waals surface area contributed by atoms with Crippen LogP contribution in [0.1, 0.15) is 57.6 Å². The lowest BCUT2D eigenvalue weighted by molar-refractivity contribution is -0.113. The highest BCUT2D eigenvalue weighted by Crippen LogP contribution is 2.36. The van der Waals surface area contributed by atoms with Crippen LogP contribution in [0, 0.1) is 6.92 Å². The average Bonchev–Trinajstić information content (AvgIpc) is 2.71. The van der Waals surface area contributed by atoms with E-state index in [4.69, 9.17) is 13.9 Å². The predicted octanol–water partition coefficient (Wildman–Crippen LogP) is 6.23. The summed E-state index contributed by atoms with van der Waals surface area (Å²) < 4.78 is 17.3. The van der Waals surface area contributed by atoms with Crippen molar-refractivity contribution in [2.75, 3.05) is 6.61 Å². The van der Waals surface area contributed by atoms with E-state index in [0.29, 0.717) is 23.5 Å². The summed E-state index contributed by atoms with van der Waals surface area (Å²) in [6.07, 6.45) is 10.2. The molecule has 0 amide bonds. The average molecular weight is 394 g/mol. The maximum atomic E-state index is 12.9. The molecule has 0 spiro atoms. The van der Waals surface area contributed by atoms with E-state index in [2.05, 4.69) is 6.92 Å². The molecule has 0 atom stereocenters. The Hall–Kier alpha value is -2.88. The Balaban J connectivity index is 2.01. The topological polar surface area (TPSA) is 46.8 Å². The molecule has 1 aromatic rings. The minimum atomic E-state index is 0.00379. The van der Waals surface area contributed by atoms with Crippen molar-refractivity contribution in [1.82, 2.24) is 0 Å². The summed E-state index contributed by atoms with van der Waals surface area (Å²) in [7, 11) is 0. The first-order valence-corrected chi connectivity index (χ1v) is 10.3. The quantitative estimate of drug-likeness (QED) is 0.407. The van der Waals surface area contributed by atoms with Crippen molar-refractivity contribution in [2.24, 2.45) is 0 Å². The summed E-state index contributed by atoms with van der Waals surface area (Å²) in [5, 5.41) is 0. The van der Waals surface area contributed by atoms with Gasteiger partial charge in [0, 0.05) is 18.6 Å². The number of ether oxygens (including phenoxy) is 2. The molecule has 0 bridgehead atoms. The molecular weight excluding hydrogens is 364 g/mol. The Bertz CT molecular complexity index is 971. The molecule has 0 aromatic carbocycles. The Morgan fingerprint density at radius 3 is 2.55 bits per heavy atom. The monoisotopic (exact) mass is 393 g/mol. The minimum Gasteiger partial charge on any atom is -0.492 e. The number of Topliss-reactive ketones (excluding diaryl/α,β-unsaturated/α-hetero) is 1. The van der Waals surface area contributed by atoms with Crippen molar-refractivity contribution in [3.63, 3.8) is 0 Å². The first-order valence-electron chi connectivity index (χ1n) is 10.3. The normalized spacial score (nSPS) is 19.1. The third-order valence-corrected chi connectivity index (χ3v) is 4.73. The number of ketones is 1. The second kappa shape index (κ2) is 9.08. The van der Waals surface area contributed by atoms with Crippen LogP contribution in [0.5, 0.6) is 0 Å². The summed E-state index contributed by atoms with van der Waals surface area (Å²) in [5.41, 5.74) is 3.14. The molecule has 0 N–H and O–H groups in total. The number of allylic oxidation sites excluding steroid dienone is 8. The Labute approximate surface area is 172 Å². The van der Waals surface area contributed by atoms with Gasteiger partial charge >= 0.3 is 11.5 Å². The highest BCUT2D eigenvalue weighted by molar-refractivity contribution is 6.23. The lowest BCUT2D eigenvalue weighted by Crippen LogP contribution is -2.23. The molecule has 29 heavy (non-hydrogen) atoms. The van der Waals surface area contributed by atoms with E-state index in [1.54, 1.807) is 0 Å². The van der Waals surface area contributed by atoms with Gasteiger partial charge in [-0.3, -0.25) is 4.79 Å². The van der Waals surface area contributed by atoms with E-state index in [1.165, 1.54) is 0 Å². The van der Waals surface area contributed by atoms with Crippen LogP contribution in [0.2, 0.25) is 0 Å². The van der Waals surface area contributed by atoms with E-state index >= 15 is 0 Å².